The van der Waals surface area contributed by atoms with Crippen molar-refractivity contribution >= 4 is 29.1 Å². The number of hydrogen-bond acceptors (Lipinski definition) is 6. The van der Waals surface area contributed by atoms with E-state index in [-0.39, 0.29) is 11.6 Å². The van der Waals surface area contributed by atoms with Crippen LogP contribution in [0.15, 0.2) is 48.8 Å². The van der Waals surface area contributed by atoms with Crippen molar-refractivity contribution in [1.82, 2.24) is 15.0 Å². The van der Waals surface area contributed by atoms with Crippen molar-refractivity contribution < 1.29 is 9.50 Å². The van der Waals surface area contributed by atoms with Crippen LogP contribution in [0, 0.1) is 5.82 Å². The monoisotopic (exact) mass is 359 g/mol. The van der Waals surface area contributed by atoms with Gasteiger partial charge in [0.15, 0.2) is 0 Å². The second-order valence-corrected chi connectivity index (χ2v) is 5.52. The third-order valence-electron chi connectivity index (χ3n) is 3.27. The molecule has 0 atom stereocenters. The van der Waals surface area contributed by atoms with Crippen LogP contribution in [0.1, 0.15) is 0 Å². The average Bonchev–Trinajstić information content (AvgIpc) is 2.63. The molecule has 3 rings (SSSR count). The van der Waals surface area contributed by atoms with Crippen molar-refractivity contribution in [3.05, 3.63) is 59.6 Å². The Morgan fingerprint density at radius 2 is 2.04 bits per heavy atom. The highest BCUT2D eigenvalue weighted by Gasteiger charge is 2.08. The molecule has 25 heavy (non-hydrogen) atoms. The van der Waals surface area contributed by atoms with E-state index in [1.165, 1.54) is 12.1 Å². The van der Waals surface area contributed by atoms with Crippen LogP contribution in [0.2, 0.25) is 5.02 Å². The van der Waals surface area contributed by atoms with Crippen molar-refractivity contribution in [3.63, 3.8) is 0 Å². The molecule has 0 spiro atoms. The summed E-state index contributed by atoms with van der Waals surface area (Å²) in [5, 5.41) is 15.0. The fraction of sp³-hybridized carbons (Fsp3) is 0.118. The van der Waals surface area contributed by atoms with Gasteiger partial charge in [-0.3, -0.25) is 4.98 Å². The van der Waals surface area contributed by atoms with Crippen LogP contribution in [-0.2, 0) is 0 Å². The number of halogens is 2. The first kappa shape index (κ1) is 17.1. The molecular formula is C17H15ClFN5O. The predicted octanol–water partition coefficient (Wildman–Crippen LogP) is 3.48. The zero-order chi connectivity index (χ0) is 17.6. The van der Waals surface area contributed by atoms with E-state index >= 15 is 0 Å². The maximum Gasteiger partial charge on any atom is 0.225 e. The molecule has 0 bridgehead atoms. The molecule has 0 fully saturated rings. The molecule has 0 saturated heterocycles. The Kier molecular flexibility index (Phi) is 5.37. The number of anilines is 3. The van der Waals surface area contributed by atoms with Gasteiger partial charge in [-0.2, -0.15) is 4.98 Å². The zero-order valence-electron chi connectivity index (χ0n) is 13.1. The molecule has 0 radical (unpaired) electrons. The highest BCUT2D eigenvalue weighted by Crippen LogP contribution is 2.25. The van der Waals surface area contributed by atoms with Gasteiger partial charge in [0.2, 0.25) is 5.95 Å². The number of hydrogen-bond donors (Lipinski definition) is 3. The van der Waals surface area contributed by atoms with E-state index in [0.29, 0.717) is 29.7 Å². The smallest absolute Gasteiger partial charge is 0.225 e. The van der Waals surface area contributed by atoms with Crippen molar-refractivity contribution in [2.45, 2.75) is 0 Å². The van der Waals surface area contributed by atoms with E-state index in [1.807, 2.05) is 12.1 Å². The summed E-state index contributed by atoms with van der Waals surface area (Å²) < 4.78 is 13.3. The summed E-state index contributed by atoms with van der Waals surface area (Å²) in [5.74, 6) is 0.360. The average molecular weight is 360 g/mol. The number of benzene rings is 1. The molecule has 2 heterocycles. The van der Waals surface area contributed by atoms with Gasteiger partial charge in [-0.25, -0.2) is 9.37 Å². The van der Waals surface area contributed by atoms with Gasteiger partial charge in [-0.15, -0.1) is 0 Å². The van der Waals surface area contributed by atoms with Crippen LogP contribution in [0.5, 0.6) is 0 Å². The zero-order valence-corrected chi connectivity index (χ0v) is 13.8. The van der Waals surface area contributed by atoms with Crippen molar-refractivity contribution in [3.8, 4) is 11.3 Å². The number of pyridine rings is 1. The molecule has 3 aromatic rings. The minimum absolute atomic E-state index is 0.0187. The number of nitrogens with zero attached hydrogens (tertiary/aromatic N) is 3. The van der Waals surface area contributed by atoms with Gasteiger partial charge >= 0.3 is 0 Å². The Hall–Kier alpha value is -2.77. The fourth-order valence-electron chi connectivity index (χ4n) is 2.14. The van der Waals surface area contributed by atoms with Crippen LogP contribution in [0.4, 0.5) is 21.8 Å². The Labute approximate surface area is 148 Å². The molecule has 0 amide bonds. The first-order valence-corrected chi connectivity index (χ1v) is 7.90. The Morgan fingerprint density at radius 3 is 2.76 bits per heavy atom. The number of nitrogens with one attached hydrogen (secondary N) is 2. The molecule has 0 aliphatic heterocycles. The SMILES string of the molecule is OCCNc1nc(Nc2ccc(F)c(Cl)c2)cc(-c2cccnc2)n1. The normalized spacial score (nSPS) is 10.5. The Balaban J connectivity index is 1.95. The molecule has 0 unspecified atom stereocenters. The van der Waals surface area contributed by atoms with E-state index in [9.17, 15) is 4.39 Å². The van der Waals surface area contributed by atoms with Crippen LogP contribution in [-0.4, -0.2) is 33.2 Å². The number of aliphatic hydroxyl groups is 1. The van der Waals surface area contributed by atoms with Gasteiger partial charge in [0, 0.05) is 36.3 Å². The predicted molar refractivity (Wildman–Crippen MR) is 95.5 cm³/mol. The summed E-state index contributed by atoms with van der Waals surface area (Å²) >= 11 is 5.81. The minimum Gasteiger partial charge on any atom is -0.395 e. The lowest BCUT2D eigenvalue weighted by atomic mass is 10.2. The second kappa shape index (κ2) is 7.87. The van der Waals surface area contributed by atoms with E-state index in [4.69, 9.17) is 16.7 Å². The van der Waals surface area contributed by atoms with Crippen LogP contribution in [0.25, 0.3) is 11.3 Å². The molecule has 1 aromatic carbocycles. The van der Waals surface area contributed by atoms with Crippen molar-refractivity contribution in [2.75, 3.05) is 23.8 Å². The highest BCUT2D eigenvalue weighted by molar-refractivity contribution is 6.31. The van der Waals surface area contributed by atoms with Crippen molar-refractivity contribution in [2.24, 2.45) is 0 Å². The van der Waals surface area contributed by atoms with Gasteiger partial charge in [0.05, 0.1) is 17.3 Å². The van der Waals surface area contributed by atoms with Gasteiger partial charge < -0.3 is 15.7 Å². The summed E-state index contributed by atoms with van der Waals surface area (Å²) in [5.41, 5.74) is 2.06. The summed E-state index contributed by atoms with van der Waals surface area (Å²) in [6.45, 7) is 0.273. The maximum atomic E-state index is 13.3. The maximum absolute atomic E-state index is 13.3. The third kappa shape index (κ3) is 4.40. The van der Waals surface area contributed by atoms with Gasteiger partial charge in [-0.1, -0.05) is 11.6 Å². The molecule has 0 aliphatic carbocycles. The van der Waals surface area contributed by atoms with Crippen LogP contribution < -0.4 is 10.6 Å². The van der Waals surface area contributed by atoms with Gasteiger partial charge in [0.25, 0.3) is 0 Å². The lowest BCUT2D eigenvalue weighted by Crippen LogP contribution is -2.10. The summed E-state index contributed by atoms with van der Waals surface area (Å²) in [6, 6.07) is 9.75. The van der Waals surface area contributed by atoms with E-state index in [1.54, 1.807) is 24.5 Å². The molecule has 0 saturated carbocycles. The molecule has 0 aliphatic rings. The third-order valence-corrected chi connectivity index (χ3v) is 3.56. The standard InChI is InChI=1S/C17H15ClFN5O/c18-13-8-12(3-4-14(13)19)22-16-9-15(11-2-1-5-20-10-11)23-17(24-16)21-6-7-25/h1-5,8-10,25H,6-7H2,(H2,21,22,23,24). The number of aromatic nitrogens is 3. The molecule has 128 valence electrons. The van der Waals surface area contributed by atoms with Crippen LogP contribution in [0.3, 0.4) is 0 Å². The number of aliphatic hydroxyl groups excluding tert-OH is 1. The fourth-order valence-corrected chi connectivity index (χ4v) is 2.32. The molecule has 3 N–H and O–H groups in total. The molecule has 6 nitrogen and oxygen atoms in total. The van der Waals surface area contributed by atoms with E-state index < -0.39 is 5.82 Å². The highest BCUT2D eigenvalue weighted by atomic mass is 35.5. The largest absolute Gasteiger partial charge is 0.395 e. The Morgan fingerprint density at radius 1 is 1.16 bits per heavy atom. The first-order valence-electron chi connectivity index (χ1n) is 7.52. The minimum atomic E-state index is -0.490. The topological polar surface area (TPSA) is 83.0 Å². The Bertz CT molecular complexity index is 863. The molecule has 8 heteroatoms. The van der Waals surface area contributed by atoms with Gasteiger partial charge in [0.1, 0.15) is 11.6 Å². The number of rotatable bonds is 6. The van der Waals surface area contributed by atoms with Gasteiger partial charge in [-0.05, 0) is 30.3 Å². The molecular weight excluding hydrogens is 345 g/mol. The quantitative estimate of drug-likeness (QED) is 0.625. The summed E-state index contributed by atoms with van der Waals surface area (Å²) in [7, 11) is 0. The first-order chi connectivity index (χ1) is 12.2. The summed E-state index contributed by atoms with van der Waals surface area (Å²) in [6.07, 6.45) is 3.37. The van der Waals surface area contributed by atoms with E-state index in [0.717, 1.165) is 5.56 Å². The second-order valence-electron chi connectivity index (χ2n) is 5.11. The molecule has 2 aromatic heterocycles. The van der Waals surface area contributed by atoms with Crippen molar-refractivity contribution in [1.29, 1.82) is 0 Å². The summed E-state index contributed by atoms with van der Waals surface area (Å²) in [4.78, 5) is 12.8. The van der Waals surface area contributed by atoms with E-state index in [2.05, 4.69) is 25.6 Å². The van der Waals surface area contributed by atoms with Crippen LogP contribution >= 0.6 is 11.6 Å². The lowest BCUT2D eigenvalue weighted by molar-refractivity contribution is 0.311. The lowest BCUT2D eigenvalue weighted by Gasteiger charge is -2.11.